The lowest BCUT2D eigenvalue weighted by atomic mass is 9.92. The monoisotopic (exact) mass is 597 g/mol. The van der Waals surface area contributed by atoms with Crippen molar-refractivity contribution in [3.05, 3.63) is 95.1 Å². The van der Waals surface area contributed by atoms with Crippen LogP contribution in [-0.2, 0) is 22.9 Å². The van der Waals surface area contributed by atoms with Crippen LogP contribution in [0.2, 0.25) is 0 Å². The van der Waals surface area contributed by atoms with E-state index in [-0.39, 0.29) is 18.0 Å². The number of hydrogen-bond donors (Lipinski definition) is 3. The highest BCUT2D eigenvalue weighted by Gasteiger charge is 2.33. The van der Waals surface area contributed by atoms with Crippen LogP contribution in [0.15, 0.2) is 72.8 Å². The van der Waals surface area contributed by atoms with Crippen LogP contribution in [0.4, 0.5) is 18.9 Å². The number of nitrogens with one attached hydrogen (secondary N) is 2. The van der Waals surface area contributed by atoms with Crippen molar-refractivity contribution in [3.8, 4) is 5.75 Å². The number of anilines is 1. The number of aliphatic hydroxyl groups is 1. The number of benzene rings is 3. The standard InChI is InChI=1S/C33H38F3N3O4/c1-4-43-27-18-23(17-26(20-27)39-15-9-14-30(39)41)31(42)38-28(16-22-10-6-5-7-11-22)29(40)21-37-32(2,3)24-12-8-13-25(19-24)33(34,35)36/h5-8,10-13,17-20,28-29,37,40H,4,9,14-16,21H2,1-3H3,(H,38,42)/t28-,29+/m0/s1. The van der Waals surface area contributed by atoms with Crippen LogP contribution >= 0.6 is 0 Å². The van der Waals surface area contributed by atoms with Gasteiger partial charge in [0.05, 0.1) is 24.3 Å². The third kappa shape index (κ3) is 8.36. The fraction of sp³-hybridized carbons (Fsp3) is 0.394. The van der Waals surface area contributed by atoms with Gasteiger partial charge in [-0.1, -0.05) is 42.5 Å². The summed E-state index contributed by atoms with van der Waals surface area (Å²) >= 11 is 0. The number of halogens is 3. The molecule has 3 aromatic carbocycles. The van der Waals surface area contributed by atoms with Gasteiger partial charge in [0.1, 0.15) is 5.75 Å². The summed E-state index contributed by atoms with van der Waals surface area (Å²) < 4.78 is 45.6. The number of carbonyl (C=O) groups excluding carboxylic acids is 2. The molecule has 1 aliphatic rings. The van der Waals surface area contributed by atoms with Gasteiger partial charge < -0.3 is 25.4 Å². The molecule has 3 aromatic rings. The predicted octanol–water partition coefficient (Wildman–Crippen LogP) is 5.46. The van der Waals surface area contributed by atoms with Crippen molar-refractivity contribution in [3.63, 3.8) is 0 Å². The van der Waals surface area contributed by atoms with Crippen molar-refractivity contribution in [2.24, 2.45) is 0 Å². The van der Waals surface area contributed by atoms with Crippen molar-refractivity contribution in [1.29, 1.82) is 0 Å². The number of rotatable bonds is 12. The lowest BCUT2D eigenvalue weighted by Gasteiger charge is -2.32. The Labute approximate surface area is 250 Å². The Kier molecular flexibility index (Phi) is 10.1. The van der Waals surface area contributed by atoms with Crippen LogP contribution in [0.5, 0.6) is 5.75 Å². The molecule has 2 amide bonds. The van der Waals surface area contributed by atoms with E-state index in [0.717, 1.165) is 24.1 Å². The Morgan fingerprint density at radius 3 is 2.40 bits per heavy atom. The number of alkyl halides is 3. The zero-order valence-corrected chi connectivity index (χ0v) is 24.6. The summed E-state index contributed by atoms with van der Waals surface area (Å²) in [7, 11) is 0. The van der Waals surface area contributed by atoms with E-state index >= 15 is 0 Å². The van der Waals surface area contributed by atoms with Crippen molar-refractivity contribution in [1.82, 2.24) is 10.6 Å². The Hall–Kier alpha value is -3.89. The van der Waals surface area contributed by atoms with E-state index in [4.69, 9.17) is 4.74 Å². The minimum absolute atomic E-state index is 0.00641. The van der Waals surface area contributed by atoms with E-state index in [1.807, 2.05) is 37.3 Å². The van der Waals surface area contributed by atoms with E-state index in [9.17, 15) is 27.9 Å². The van der Waals surface area contributed by atoms with Gasteiger partial charge in [-0.25, -0.2) is 0 Å². The second-order valence-electron chi connectivity index (χ2n) is 11.2. The zero-order chi connectivity index (χ0) is 31.2. The third-order valence-electron chi connectivity index (χ3n) is 7.59. The molecular formula is C33H38F3N3O4. The Morgan fingerprint density at radius 1 is 1.02 bits per heavy atom. The molecule has 1 fully saturated rings. The molecule has 0 aliphatic carbocycles. The summed E-state index contributed by atoms with van der Waals surface area (Å²) in [6.45, 7) is 6.22. The molecule has 0 spiro atoms. The maximum Gasteiger partial charge on any atom is 0.416 e. The van der Waals surface area contributed by atoms with Gasteiger partial charge in [0.25, 0.3) is 5.91 Å². The highest BCUT2D eigenvalue weighted by Crippen LogP contribution is 2.32. The first kappa shape index (κ1) is 32.0. The molecular weight excluding hydrogens is 559 g/mol. The first-order chi connectivity index (χ1) is 20.4. The van der Waals surface area contributed by atoms with Crippen molar-refractivity contribution < 1.29 is 32.6 Å². The molecule has 43 heavy (non-hydrogen) atoms. The molecule has 0 unspecified atom stereocenters. The molecule has 4 rings (SSSR count). The SMILES string of the molecule is CCOc1cc(C(=O)N[C@@H](Cc2ccccc2)[C@H](O)CNC(C)(C)c2cccc(C(F)(F)F)c2)cc(N2CCCC2=O)c1. The molecule has 7 nitrogen and oxygen atoms in total. The second-order valence-corrected chi connectivity index (χ2v) is 11.2. The van der Waals surface area contributed by atoms with Gasteiger partial charge in [-0.2, -0.15) is 13.2 Å². The van der Waals surface area contributed by atoms with Crippen LogP contribution in [0.3, 0.4) is 0 Å². The van der Waals surface area contributed by atoms with Crippen LogP contribution < -0.4 is 20.3 Å². The number of carbonyl (C=O) groups is 2. The summed E-state index contributed by atoms with van der Waals surface area (Å²) in [4.78, 5) is 27.6. The minimum atomic E-state index is -4.47. The molecule has 0 saturated carbocycles. The predicted molar refractivity (Wildman–Crippen MR) is 159 cm³/mol. The Balaban J connectivity index is 1.55. The first-order valence-corrected chi connectivity index (χ1v) is 14.4. The van der Waals surface area contributed by atoms with E-state index < -0.39 is 35.3 Å². The van der Waals surface area contributed by atoms with Crippen LogP contribution in [0, 0.1) is 0 Å². The second kappa shape index (κ2) is 13.6. The van der Waals surface area contributed by atoms with Gasteiger partial charge >= 0.3 is 6.18 Å². The first-order valence-electron chi connectivity index (χ1n) is 14.4. The number of aliphatic hydroxyl groups excluding tert-OH is 1. The topological polar surface area (TPSA) is 90.9 Å². The van der Waals surface area contributed by atoms with Gasteiger partial charge in [0.15, 0.2) is 0 Å². The molecule has 3 N–H and O–H groups in total. The summed E-state index contributed by atoms with van der Waals surface area (Å²) in [6.07, 6.45) is -4.09. The van der Waals surface area contributed by atoms with Gasteiger partial charge in [0, 0.05) is 42.4 Å². The highest BCUT2D eigenvalue weighted by molar-refractivity contribution is 5.99. The van der Waals surface area contributed by atoms with Crippen molar-refractivity contribution >= 4 is 17.5 Å². The number of amides is 2. The maximum absolute atomic E-state index is 13.6. The van der Waals surface area contributed by atoms with Gasteiger partial charge in [-0.3, -0.25) is 9.59 Å². The lowest BCUT2D eigenvalue weighted by Crippen LogP contribution is -2.51. The van der Waals surface area contributed by atoms with Crippen LogP contribution in [-0.4, -0.2) is 48.8 Å². The molecule has 230 valence electrons. The van der Waals surface area contributed by atoms with Gasteiger partial charge in [0.2, 0.25) is 5.91 Å². The van der Waals surface area contributed by atoms with E-state index in [2.05, 4.69) is 10.6 Å². The fourth-order valence-electron chi connectivity index (χ4n) is 5.13. The van der Waals surface area contributed by atoms with E-state index in [0.29, 0.717) is 43.0 Å². The minimum Gasteiger partial charge on any atom is -0.494 e. The molecule has 10 heteroatoms. The Morgan fingerprint density at radius 2 is 1.74 bits per heavy atom. The smallest absolute Gasteiger partial charge is 0.416 e. The molecule has 1 heterocycles. The van der Waals surface area contributed by atoms with E-state index in [1.165, 1.54) is 6.07 Å². The highest BCUT2D eigenvalue weighted by atomic mass is 19.4. The quantitative estimate of drug-likeness (QED) is 0.258. The van der Waals surface area contributed by atoms with Gasteiger partial charge in [-0.05, 0) is 69.0 Å². The number of ether oxygens (including phenoxy) is 1. The maximum atomic E-state index is 13.6. The molecule has 1 aliphatic heterocycles. The number of hydrogen-bond acceptors (Lipinski definition) is 5. The number of nitrogens with zero attached hydrogens (tertiary/aromatic N) is 1. The van der Waals surface area contributed by atoms with Gasteiger partial charge in [-0.15, -0.1) is 0 Å². The summed E-state index contributed by atoms with van der Waals surface area (Å²) in [6, 6.07) is 18.7. The van der Waals surface area contributed by atoms with E-state index in [1.54, 1.807) is 43.0 Å². The van der Waals surface area contributed by atoms with Crippen LogP contribution in [0.1, 0.15) is 60.7 Å². The largest absolute Gasteiger partial charge is 0.494 e. The van der Waals surface area contributed by atoms with Crippen molar-refractivity contribution in [2.75, 3.05) is 24.6 Å². The normalized spacial score (nSPS) is 15.3. The van der Waals surface area contributed by atoms with Crippen LogP contribution in [0.25, 0.3) is 0 Å². The average Bonchev–Trinajstić information content (AvgIpc) is 3.41. The fourth-order valence-corrected chi connectivity index (χ4v) is 5.13. The average molecular weight is 598 g/mol. The summed E-state index contributed by atoms with van der Waals surface area (Å²) in [5, 5.41) is 17.5. The molecule has 1 saturated heterocycles. The van der Waals surface area contributed by atoms with Crippen molar-refractivity contribution in [2.45, 2.75) is 63.9 Å². The zero-order valence-electron chi connectivity index (χ0n) is 24.6. The molecule has 0 radical (unpaired) electrons. The molecule has 2 atom stereocenters. The molecule has 0 aromatic heterocycles. The summed E-state index contributed by atoms with van der Waals surface area (Å²) in [5.74, 6) is -0.0204. The molecule has 0 bridgehead atoms. The Bertz CT molecular complexity index is 1410. The summed E-state index contributed by atoms with van der Waals surface area (Å²) in [5.41, 5.74) is 0.489. The third-order valence-corrected chi connectivity index (χ3v) is 7.59. The lowest BCUT2D eigenvalue weighted by molar-refractivity contribution is -0.137.